The molecule has 0 fully saturated rings. The number of hydrogen-bond acceptors (Lipinski definition) is 1. The molecule has 0 saturated heterocycles. The summed E-state index contributed by atoms with van der Waals surface area (Å²) in [6, 6.07) is 15.5. The fraction of sp³-hybridized carbons (Fsp3) is 0.0769. The monoisotopic (exact) mass is 296 g/mol. The molecular weight excluding hydrogens is 287 g/mol. The maximum atomic E-state index is 5.90. The van der Waals surface area contributed by atoms with Gasteiger partial charge in [0, 0.05) is 5.02 Å². The van der Waals surface area contributed by atoms with Crippen molar-refractivity contribution in [1.82, 2.24) is 0 Å². The summed E-state index contributed by atoms with van der Waals surface area (Å²) in [5.74, 6) is 0.761. The first kappa shape index (κ1) is 11.5. The zero-order chi connectivity index (χ0) is 11.4. The Kier molecular flexibility index (Phi) is 3.86. The van der Waals surface area contributed by atoms with Crippen LogP contribution in [0.4, 0.5) is 0 Å². The number of halogens is 2. The van der Waals surface area contributed by atoms with Gasteiger partial charge in [0.1, 0.15) is 12.4 Å². The second-order valence-electron chi connectivity index (χ2n) is 3.35. The van der Waals surface area contributed by atoms with Crippen LogP contribution in [0.2, 0.25) is 5.02 Å². The highest BCUT2D eigenvalue weighted by Crippen LogP contribution is 2.28. The SMILES string of the molecule is Clc1ccc(Br)c(OCc2ccccc2)c1. The molecule has 0 N–H and O–H groups in total. The van der Waals surface area contributed by atoms with Crippen molar-refractivity contribution >= 4 is 27.5 Å². The standard InChI is InChI=1S/C13H10BrClO/c14-12-7-6-11(15)8-13(12)16-9-10-4-2-1-3-5-10/h1-8H,9H2. The Morgan fingerprint density at radius 3 is 2.56 bits per heavy atom. The molecule has 0 radical (unpaired) electrons. The maximum absolute atomic E-state index is 5.90. The number of benzene rings is 2. The molecule has 16 heavy (non-hydrogen) atoms. The number of rotatable bonds is 3. The molecule has 2 rings (SSSR count). The molecule has 0 atom stereocenters. The molecule has 0 bridgehead atoms. The molecule has 0 aromatic heterocycles. The van der Waals surface area contributed by atoms with Gasteiger partial charge in [-0.3, -0.25) is 0 Å². The van der Waals surface area contributed by atoms with Crippen LogP contribution in [0.3, 0.4) is 0 Å². The van der Waals surface area contributed by atoms with Gasteiger partial charge in [-0.2, -0.15) is 0 Å². The average Bonchev–Trinajstić information content (AvgIpc) is 2.32. The predicted octanol–water partition coefficient (Wildman–Crippen LogP) is 4.68. The summed E-state index contributed by atoms with van der Waals surface area (Å²) in [4.78, 5) is 0. The fourth-order valence-electron chi connectivity index (χ4n) is 1.32. The van der Waals surface area contributed by atoms with Gasteiger partial charge in [-0.05, 0) is 39.7 Å². The van der Waals surface area contributed by atoms with E-state index in [1.54, 1.807) is 6.07 Å². The first-order chi connectivity index (χ1) is 7.75. The molecule has 0 amide bonds. The minimum Gasteiger partial charge on any atom is -0.488 e. The van der Waals surface area contributed by atoms with Gasteiger partial charge in [-0.15, -0.1) is 0 Å². The van der Waals surface area contributed by atoms with Crippen molar-refractivity contribution in [2.75, 3.05) is 0 Å². The zero-order valence-electron chi connectivity index (χ0n) is 8.49. The second-order valence-corrected chi connectivity index (χ2v) is 4.64. The minimum atomic E-state index is 0.541. The molecule has 1 nitrogen and oxygen atoms in total. The molecule has 0 saturated carbocycles. The molecule has 0 aliphatic rings. The molecule has 0 aliphatic heterocycles. The molecule has 0 spiro atoms. The van der Waals surface area contributed by atoms with Gasteiger partial charge in [-0.25, -0.2) is 0 Å². The topological polar surface area (TPSA) is 9.23 Å². The molecule has 2 aromatic carbocycles. The highest BCUT2D eigenvalue weighted by Gasteiger charge is 2.02. The highest BCUT2D eigenvalue weighted by atomic mass is 79.9. The summed E-state index contributed by atoms with van der Waals surface area (Å²) in [6.45, 7) is 0.541. The van der Waals surface area contributed by atoms with Gasteiger partial charge in [0.05, 0.1) is 4.47 Å². The predicted molar refractivity (Wildman–Crippen MR) is 69.9 cm³/mol. The van der Waals surface area contributed by atoms with Gasteiger partial charge < -0.3 is 4.74 Å². The molecular formula is C13H10BrClO. The third kappa shape index (κ3) is 3.00. The van der Waals surface area contributed by atoms with Crippen LogP contribution in [0.15, 0.2) is 53.0 Å². The van der Waals surface area contributed by atoms with E-state index in [4.69, 9.17) is 16.3 Å². The van der Waals surface area contributed by atoms with Gasteiger partial charge in [0.2, 0.25) is 0 Å². The summed E-state index contributed by atoms with van der Waals surface area (Å²) < 4.78 is 6.58. The molecule has 82 valence electrons. The van der Waals surface area contributed by atoms with Crippen molar-refractivity contribution in [1.29, 1.82) is 0 Å². The van der Waals surface area contributed by atoms with E-state index < -0.39 is 0 Å². The summed E-state index contributed by atoms with van der Waals surface area (Å²) in [6.07, 6.45) is 0. The Balaban J connectivity index is 2.08. The van der Waals surface area contributed by atoms with E-state index in [2.05, 4.69) is 15.9 Å². The first-order valence-electron chi connectivity index (χ1n) is 4.87. The zero-order valence-corrected chi connectivity index (χ0v) is 10.8. The van der Waals surface area contributed by atoms with Gasteiger partial charge in [-0.1, -0.05) is 41.9 Å². The van der Waals surface area contributed by atoms with Crippen LogP contribution >= 0.6 is 27.5 Å². The van der Waals surface area contributed by atoms with Crippen molar-refractivity contribution in [3.8, 4) is 5.75 Å². The lowest BCUT2D eigenvalue weighted by Crippen LogP contribution is -1.95. The maximum Gasteiger partial charge on any atom is 0.135 e. The van der Waals surface area contributed by atoms with Crippen LogP contribution in [0.1, 0.15) is 5.56 Å². The summed E-state index contributed by atoms with van der Waals surface area (Å²) in [5, 5.41) is 0.672. The number of ether oxygens (including phenoxy) is 1. The van der Waals surface area contributed by atoms with E-state index in [1.807, 2.05) is 42.5 Å². The van der Waals surface area contributed by atoms with Crippen LogP contribution in [-0.4, -0.2) is 0 Å². The summed E-state index contributed by atoms with van der Waals surface area (Å²) in [7, 11) is 0. The quantitative estimate of drug-likeness (QED) is 0.799. The van der Waals surface area contributed by atoms with Crippen LogP contribution in [0.25, 0.3) is 0 Å². The van der Waals surface area contributed by atoms with E-state index in [0.717, 1.165) is 15.8 Å². The molecule has 0 heterocycles. The Labute approximate surface area is 108 Å². The Bertz CT molecular complexity index is 471. The normalized spacial score (nSPS) is 10.1. The average molecular weight is 298 g/mol. The van der Waals surface area contributed by atoms with Crippen molar-refractivity contribution < 1.29 is 4.74 Å². The van der Waals surface area contributed by atoms with E-state index in [1.165, 1.54) is 0 Å². The third-order valence-electron chi connectivity index (χ3n) is 2.13. The van der Waals surface area contributed by atoms with E-state index in [-0.39, 0.29) is 0 Å². The van der Waals surface area contributed by atoms with Gasteiger partial charge in [0.25, 0.3) is 0 Å². The highest BCUT2D eigenvalue weighted by molar-refractivity contribution is 9.10. The Hall–Kier alpha value is -0.990. The van der Waals surface area contributed by atoms with E-state index in [9.17, 15) is 0 Å². The molecule has 0 aliphatic carbocycles. The third-order valence-corrected chi connectivity index (χ3v) is 3.02. The largest absolute Gasteiger partial charge is 0.488 e. The van der Waals surface area contributed by atoms with Crippen LogP contribution in [0.5, 0.6) is 5.75 Å². The molecule has 3 heteroatoms. The van der Waals surface area contributed by atoms with Crippen LogP contribution in [0, 0.1) is 0 Å². The van der Waals surface area contributed by atoms with Crippen LogP contribution < -0.4 is 4.74 Å². The number of hydrogen-bond donors (Lipinski definition) is 0. The van der Waals surface area contributed by atoms with Crippen molar-refractivity contribution in [2.45, 2.75) is 6.61 Å². The van der Waals surface area contributed by atoms with Crippen LogP contribution in [-0.2, 0) is 6.61 Å². The summed E-state index contributed by atoms with van der Waals surface area (Å²) >= 11 is 9.32. The first-order valence-corrected chi connectivity index (χ1v) is 6.04. The fourth-order valence-corrected chi connectivity index (χ4v) is 1.85. The minimum absolute atomic E-state index is 0.541. The lowest BCUT2D eigenvalue weighted by Gasteiger charge is -2.08. The lowest BCUT2D eigenvalue weighted by molar-refractivity contribution is 0.304. The lowest BCUT2D eigenvalue weighted by atomic mass is 10.2. The Morgan fingerprint density at radius 2 is 1.81 bits per heavy atom. The van der Waals surface area contributed by atoms with Crippen molar-refractivity contribution in [3.05, 3.63) is 63.6 Å². The van der Waals surface area contributed by atoms with E-state index in [0.29, 0.717) is 11.6 Å². The van der Waals surface area contributed by atoms with Gasteiger partial charge >= 0.3 is 0 Å². The van der Waals surface area contributed by atoms with Crippen molar-refractivity contribution in [3.63, 3.8) is 0 Å². The van der Waals surface area contributed by atoms with Crippen molar-refractivity contribution in [2.24, 2.45) is 0 Å². The van der Waals surface area contributed by atoms with Gasteiger partial charge in [0.15, 0.2) is 0 Å². The Morgan fingerprint density at radius 1 is 1.06 bits per heavy atom. The summed E-state index contributed by atoms with van der Waals surface area (Å²) in [5.41, 5.74) is 1.13. The molecule has 2 aromatic rings. The smallest absolute Gasteiger partial charge is 0.135 e. The molecule has 0 unspecified atom stereocenters. The second kappa shape index (κ2) is 5.37. The van der Waals surface area contributed by atoms with E-state index >= 15 is 0 Å².